The van der Waals surface area contributed by atoms with Crippen LogP contribution in [0.1, 0.15) is 27.2 Å². The Morgan fingerprint density at radius 2 is 2.12 bits per heavy atom. The van der Waals surface area contributed by atoms with Gasteiger partial charge in [0.1, 0.15) is 0 Å². The van der Waals surface area contributed by atoms with Crippen LogP contribution in [-0.4, -0.2) is 41.3 Å². The molecule has 4 nitrogen and oxygen atoms in total. The third kappa shape index (κ3) is 3.28. The molecule has 0 aliphatic carbocycles. The first-order valence-corrected chi connectivity index (χ1v) is 7.83. The van der Waals surface area contributed by atoms with Gasteiger partial charge in [-0.1, -0.05) is 13.8 Å². The molecule has 100 valence electrons. The van der Waals surface area contributed by atoms with Crippen molar-refractivity contribution in [2.75, 3.05) is 25.9 Å². The van der Waals surface area contributed by atoms with Gasteiger partial charge < -0.3 is 10.6 Å². The van der Waals surface area contributed by atoms with Crippen LogP contribution in [0, 0.1) is 11.3 Å². The highest BCUT2D eigenvalue weighted by Crippen LogP contribution is 2.34. The van der Waals surface area contributed by atoms with Crippen LogP contribution in [0.5, 0.6) is 0 Å². The summed E-state index contributed by atoms with van der Waals surface area (Å²) in [6.07, 6.45) is 2.56. The molecule has 3 unspecified atom stereocenters. The largest absolute Gasteiger partial charge is 0.354 e. The first kappa shape index (κ1) is 14.6. The lowest BCUT2D eigenvalue weighted by molar-refractivity contribution is -0.132. The van der Waals surface area contributed by atoms with Crippen molar-refractivity contribution in [3.05, 3.63) is 0 Å². The van der Waals surface area contributed by atoms with Crippen molar-refractivity contribution < 1.29 is 9.00 Å². The van der Waals surface area contributed by atoms with Crippen molar-refractivity contribution in [2.45, 2.75) is 32.4 Å². The minimum Gasteiger partial charge on any atom is -0.354 e. The van der Waals surface area contributed by atoms with E-state index >= 15 is 0 Å². The SMILES string of the molecule is CC(CNC(=O)C1(C(C)C)CCNC1)S(C)=O. The third-order valence-electron chi connectivity index (χ3n) is 3.86. The number of carbonyl (C=O) groups excluding carboxylic acids is 1. The van der Waals surface area contributed by atoms with Gasteiger partial charge >= 0.3 is 0 Å². The molecule has 0 bridgehead atoms. The maximum absolute atomic E-state index is 12.3. The van der Waals surface area contributed by atoms with E-state index < -0.39 is 10.8 Å². The number of amides is 1. The lowest BCUT2D eigenvalue weighted by Crippen LogP contribution is -2.48. The summed E-state index contributed by atoms with van der Waals surface area (Å²) in [6, 6.07) is 0. The molecule has 0 radical (unpaired) electrons. The van der Waals surface area contributed by atoms with Gasteiger partial charge in [0, 0.05) is 35.4 Å². The second-order valence-electron chi connectivity index (χ2n) is 5.26. The van der Waals surface area contributed by atoms with Gasteiger partial charge in [-0.15, -0.1) is 0 Å². The average molecular weight is 260 g/mol. The summed E-state index contributed by atoms with van der Waals surface area (Å²) < 4.78 is 11.2. The molecule has 1 heterocycles. The van der Waals surface area contributed by atoms with Crippen molar-refractivity contribution in [1.82, 2.24) is 10.6 Å². The topological polar surface area (TPSA) is 58.2 Å². The van der Waals surface area contributed by atoms with Gasteiger partial charge in [-0.25, -0.2) is 0 Å². The van der Waals surface area contributed by atoms with Gasteiger partial charge in [-0.3, -0.25) is 9.00 Å². The molecule has 0 aromatic heterocycles. The minimum atomic E-state index is -0.883. The Kier molecular flexibility index (Phi) is 5.13. The number of carbonyl (C=O) groups is 1. The highest BCUT2D eigenvalue weighted by molar-refractivity contribution is 7.84. The van der Waals surface area contributed by atoms with E-state index in [0.29, 0.717) is 12.5 Å². The Morgan fingerprint density at radius 1 is 1.47 bits per heavy atom. The minimum absolute atomic E-state index is 0.0116. The average Bonchev–Trinajstić information content (AvgIpc) is 2.75. The second-order valence-corrected chi connectivity index (χ2v) is 7.06. The van der Waals surface area contributed by atoms with Crippen LogP contribution in [-0.2, 0) is 15.6 Å². The number of hydrogen-bond acceptors (Lipinski definition) is 3. The lowest BCUT2D eigenvalue weighted by atomic mass is 9.75. The molecule has 1 saturated heterocycles. The van der Waals surface area contributed by atoms with Crippen LogP contribution in [0.4, 0.5) is 0 Å². The molecule has 1 aliphatic rings. The maximum Gasteiger partial charge on any atom is 0.227 e. The Bertz CT molecular complexity index is 299. The molecule has 1 fully saturated rings. The predicted molar refractivity (Wildman–Crippen MR) is 71.3 cm³/mol. The van der Waals surface area contributed by atoms with Crippen molar-refractivity contribution in [3.63, 3.8) is 0 Å². The molecule has 0 aromatic carbocycles. The molecule has 0 aromatic rings. The Morgan fingerprint density at radius 3 is 2.53 bits per heavy atom. The van der Waals surface area contributed by atoms with Crippen molar-refractivity contribution in [2.24, 2.45) is 11.3 Å². The monoisotopic (exact) mass is 260 g/mol. The summed E-state index contributed by atoms with van der Waals surface area (Å²) in [5.74, 6) is 0.426. The first-order chi connectivity index (χ1) is 7.90. The number of rotatable bonds is 5. The number of hydrogen-bond donors (Lipinski definition) is 2. The van der Waals surface area contributed by atoms with E-state index in [9.17, 15) is 9.00 Å². The van der Waals surface area contributed by atoms with Gasteiger partial charge in [-0.2, -0.15) is 0 Å². The van der Waals surface area contributed by atoms with Crippen LogP contribution >= 0.6 is 0 Å². The zero-order valence-electron chi connectivity index (χ0n) is 11.2. The molecular weight excluding hydrogens is 236 g/mol. The van der Waals surface area contributed by atoms with E-state index in [4.69, 9.17) is 0 Å². The lowest BCUT2D eigenvalue weighted by Gasteiger charge is -2.31. The highest BCUT2D eigenvalue weighted by atomic mass is 32.2. The molecule has 0 spiro atoms. The van der Waals surface area contributed by atoms with Crippen LogP contribution in [0.15, 0.2) is 0 Å². The second kappa shape index (κ2) is 5.96. The Hall–Kier alpha value is -0.420. The molecule has 0 saturated carbocycles. The fourth-order valence-electron chi connectivity index (χ4n) is 2.19. The van der Waals surface area contributed by atoms with Gasteiger partial charge in [0.25, 0.3) is 0 Å². The molecule has 1 amide bonds. The molecule has 3 atom stereocenters. The summed E-state index contributed by atoms with van der Waals surface area (Å²) in [7, 11) is -0.883. The summed E-state index contributed by atoms with van der Waals surface area (Å²) >= 11 is 0. The normalized spacial score (nSPS) is 28.1. The molecular formula is C12H24N2O2S. The summed E-state index contributed by atoms with van der Waals surface area (Å²) in [5.41, 5.74) is -0.283. The Labute approximate surface area is 106 Å². The predicted octanol–water partition coefficient (Wildman–Crippen LogP) is 0.505. The maximum atomic E-state index is 12.3. The van der Waals surface area contributed by atoms with Crippen molar-refractivity contribution >= 4 is 16.7 Å². The van der Waals surface area contributed by atoms with Crippen LogP contribution < -0.4 is 10.6 Å². The molecule has 5 heteroatoms. The molecule has 2 N–H and O–H groups in total. The molecule has 17 heavy (non-hydrogen) atoms. The third-order valence-corrected chi connectivity index (χ3v) is 5.16. The van der Waals surface area contributed by atoms with Crippen LogP contribution in [0.25, 0.3) is 0 Å². The fourth-order valence-corrected chi connectivity index (χ4v) is 2.51. The van der Waals surface area contributed by atoms with Gasteiger partial charge in [-0.05, 0) is 25.8 Å². The summed E-state index contributed by atoms with van der Waals surface area (Å²) in [5, 5.41) is 6.23. The van der Waals surface area contributed by atoms with Gasteiger partial charge in [0.05, 0.1) is 5.41 Å². The zero-order chi connectivity index (χ0) is 13.1. The van der Waals surface area contributed by atoms with Crippen molar-refractivity contribution in [3.8, 4) is 0 Å². The molecule has 1 aliphatic heterocycles. The Balaban J connectivity index is 2.58. The fraction of sp³-hybridized carbons (Fsp3) is 0.917. The molecule has 1 rings (SSSR count). The smallest absolute Gasteiger partial charge is 0.227 e. The van der Waals surface area contributed by atoms with E-state index in [2.05, 4.69) is 24.5 Å². The summed E-state index contributed by atoms with van der Waals surface area (Å²) in [4.78, 5) is 12.3. The quantitative estimate of drug-likeness (QED) is 0.757. The standard InChI is InChI=1S/C12H24N2O2S/c1-9(2)12(5-6-13-8-12)11(15)14-7-10(3)17(4)16/h9-10,13H,5-8H2,1-4H3,(H,14,15). The first-order valence-electron chi connectivity index (χ1n) is 6.21. The van der Waals surface area contributed by atoms with Crippen molar-refractivity contribution in [1.29, 1.82) is 0 Å². The van der Waals surface area contributed by atoms with E-state index in [1.54, 1.807) is 6.26 Å². The van der Waals surface area contributed by atoms with Crippen LogP contribution in [0.2, 0.25) is 0 Å². The van der Waals surface area contributed by atoms with E-state index in [1.807, 2.05) is 6.92 Å². The highest BCUT2D eigenvalue weighted by Gasteiger charge is 2.43. The van der Waals surface area contributed by atoms with Gasteiger partial charge in [0.15, 0.2) is 0 Å². The summed E-state index contributed by atoms with van der Waals surface area (Å²) in [6.45, 7) is 8.23. The van der Waals surface area contributed by atoms with E-state index in [0.717, 1.165) is 19.5 Å². The zero-order valence-corrected chi connectivity index (χ0v) is 12.0. The van der Waals surface area contributed by atoms with E-state index in [1.165, 1.54) is 0 Å². The van der Waals surface area contributed by atoms with Gasteiger partial charge in [0.2, 0.25) is 5.91 Å². The van der Waals surface area contributed by atoms with E-state index in [-0.39, 0.29) is 16.6 Å². The van der Waals surface area contributed by atoms with Crippen LogP contribution in [0.3, 0.4) is 0 Å². The number of nitrogens with one attached hydrogen (secondary N) is 2.